The summed E-state index contributed by atoms with van der Waals surface area (Å²) in [5.41, 5.74) is 1.60. The molecule has 0 atom stereocenters. The van der Waals surface area contributed by atoms with E-state index in [0.717, 1.165) is 25.7 Å². The number of H-pyrrole nitrogens is 1. The van der Waals surface area contributed by atoms with Gasteiger partial charge in [-0.2, -0.15) is 10.1 Å². The van der Waals surface area contributed by atoms with Crippen LogP contribution >= 0.6 is 0 Å². The van der Waals surface area contributed by atoms with Gasteiger partial charge in [-0.25, -0.2) is 0 Å². The number of rotatable bonds is 10. The summed E-state index contributed by atoms with van der Waals surface area (Å²) in [5, 5.41) is 19.0. The van der Waals surface area contributed by atoms with Gasteiger partial charge in [-0.3, -0.25) is 15.2 Å². The highest BCUT2D eigenvalue weighted by Gasteiger charge is 2.20. The molecule has 0 amide bonds. The van der Waals surface area contributed by atoms with Crippen molar-refractivity contribution in [3.8, 4) is 23.0 Å². The van der Waals surface area contributed by atoms with Crippen LogP contribution in [-0.4, -0.2) is 33.3 Å². The molecule has 3 aromatic rings. The van der Waals surface area contributed by atoms with E-state index in [1.165, 1.54) is 6.07 Å². The van der Waals surface area contributed by atoms with Crippen LogP contribution in [-0.2, 0) is 0 Å². The second-order valence-electron chi connectivity index (χ2n) is 6.44. The molecule has 3 rings (SSSR count). The van der Waals surface area contributed by atoms with E-state index in [1.54, 1.807) is 18.2 Å². The molecule has 8 nitrogen and oxygen atoms in total. The van der Waals surface area contributed by atoms with Gasteiger partial charge in [0.25, 0.3) is 5.69 Å². The predicted molar refractivity (Wildman–Crippen MR) is 107 cm³/mol. The van der Waals surface area contributed by atoms with Crippen LogP contribution < -0.4 is 9.47 Å². The van der Waals surface area contributed by atoms with E-state index in [1.807, 2.05) is 6.07 Å². The molecule has 0 saturated carbocycles. The number of non-ortho nitro benzene ring substituents is 1. The molecule has 0 fully saturated rings. The molecule has 1 N–H and O–H groups in total. The number of pyridine rings is 1. The van der Waals surface area contributed by atoms with Gasteiger partial charge in [0.15, 0.2) is 5.52 Å². The largest absolute Gasteiger partial charge is 0.478 e. The number of nitrogens with one attached hydrogen (secondary N) is 1. The smallest absolute Gasteiger partial charge is 0.297 e. The Bertz CT molecular complexity index is 955. The molecular weight excluding hydrogens is 360 g/mol. The maximum Gasteiger partial charge on any atom is 0.297 e. The van der Waals surface area contributed by atoms with E-state index in [4.69, 9.17) is 9.47 Å². The first-order valence-electron chi connectivity index (χ1n) is 9.54. The molecule has 0 aliphatic rings. The van der Waals surface area contributed by atoms with Crippen LogP contribution in [0.4, 0.5) is 5.69 Å². The Morgan fingerprint density at radius 2 is 1.82 bits per heavy atom. The van der Waals surface area contributed by atoms with Gasteiger partial charge in [-0.15, -0.1) is 0 Å². The zero-order valence-corrected chi connectivity index (χ0v) is 16.1. The third-order valence-corrected chi connectivity index (χ3v) is 4.35. The summed E-state index contributed by atoms with van der Waals surface area (Å²) >= 11 is 0. The minimum atomic E-state index is -0.436. The van der Waals surface area contributed by atoms with E-state index in [0.29, 0.717) is 47.1 Å². The maximum absolute atomic E-state index is 11.3. The molecule has 0 spiro atoms. The van der Waals surface area contributed by atoms with Gasteiger partial charge in [0.05, 0.1) is 29.4 Å². The minimum Gasteiger partial charge on any atom is -0.478 e. The lowest BCUT2D eigenvalue weighted by Gasteiger charge is -2.12. The third kappa shape index (κ3) is 4.21. The van der Waals surface area contributed by atoms with Gasteiger partial charge in [0.2, 0.25) is 11.8 Å². The summed E-state index contributed by atoms with van der Waals surface area (Å²) in [6.45, 7) is 5.31. The molecular formula is C20H24N4O4. The van der Waals surface area contributed by atoms with Crippen LogP contribution in [0.3, 0.4) is 0 Å². The highest BCUT2D eigenvalue weighted by molar-refractivity contribution is 5.98. The zero-order chi connectivity index (χ0) is 19.9. The van der Waals surface area contributed by atoms with E-state index in [9.17, 15) is 10.1 Å². The number of benzene rings is 1. The van der Waals surface area contributed by atoms with Gasteiger partial charge in [-0.05, 0) is 18.9 Å². The van der Waals surface area contributed by atoms with Crippen molar-refractivity contribution in [2.45, 2.75) is 39.5 Å². The number of fused-ring (bicyclic) bond motifs is 1. The third-order valence-electron chi connectivity index (χ3n) is 4.35. The first-order valence-corrected chi connectivity index (χ1v) is 9.54. The van der Waals surface area contributed by atoms with Gasteiger partial charge in [0, 0.05) is 17.5 Å². The summed E-state index contributed by atoms with van der Waals surface area (Å²) in [4.78, 5) is 15.3. The van der Waals surface area contributed by atoms with E-state index < -0.39 is 4.92 Å². The van der Waals surface area contributed by atoms with Gasteiger partial charge in [-0.1, -0.05) is 38.8 Å². The second-order valence-corrected chi connectivity index (χ2v) is 6.44. The van der Waals surface area contributed by atoms with Crippen LogP contribution in [0, 0.1) is 10.1 Å². The molecule has 8 heteroatoms. The van der Waals surface area contributed by atoms with Crippen molar-refractivity contribution in [2.24, 2.45) is 0 Å². The molecule has 0 bridgehead atoms. The first-order chi connectivity index (χ1) is 13.7. The Kier molecular flexibility index (Phi) is 6.41. The first kappa shape index (κ1) is 19.6. The van der Waals surface area contributed by atoms with Crippen molar-refractivity contribution in [3.63, 3.8) is 0 Å². The molecule has 0 saturated heterocycles. The summed E-state index contributed by atoms with van der Waals surface area (Å²) in [7, 11) is 0. The van der Waals surface area contributed by atoms with Crippen molar-refractivity contribution in [1.82, 2.24) is 15.2 Å². The summed E-state index contributed by atoms with van der Waals surface area (Å²) in [6, 6.07) is 8.51. The van der Waals surface area contributed by atoms with Gasteiger partial charge < -0.3 is 9.47 Å². The van der Waals surface area contributed by atoms with Crippen molar-refractivity contribution in [1.29, 1.82) is 0 Å². The highest BCUT2D eigenvalue weighted by atomic mass is 16.6. The number of aromatic nitrogens is 3. The van der Waals surface area contributed by atoms with E-state index >= 15 is 0 Å². The Morgan fingerprint density at radius 3 is 2.54 bits per heavy atom. The number of unbranched alkanes of at least 4 members (excludes halogenated alkanes) is 2. The number of ether oxygens (including phenoxy) is 2. The fraction of sp³-hybridized carbons (Fsp3) is 0.400. The van der Waals surface area contributed by atoms with E-state index in [-0.39, 0.29) is 5.69 Å². The minimum absolute atomic E-state index is 0.0408. The van der Waals surface area contributed by atoms with E-state index in [2.05, 4.69) is 29.0 Å². The predicted octanol–water partition coefficient (Wildman–Crippen LogP) is 4.89. The molecule has 1 aromatic carbocycles. The Morgan fingerprint density at radius 1 is 1.07 bits per heavy atom. The summed E-state index contributed by atoms with van der Waals surface area (Å²) in [6.07, 6.45) is 3.89. The van der Waals surface area contributed by atoms with Crippen molar-refractivity contribution >= 4 is 16.6 Å². The lowest BCUT2D eigenvalue weighted by atomic mass is 10.1. The fourth-order valence-electron chi connectivity index (χ4n) is 2.81. The normalized spacial score (nSPS) is 10.9. The number of nitro groups is 1. The average Bonchev–Trinajstić information content (AvgIpc) is 3.12. The van der Waals surface area contributed by atoms with Crippen molar-refractivity contribution < 1.29 is 14.4 Å². The van der Waals surface area contributed by atoms with Crippen LogP contribution in [0.15, 0.2) is 30.3 Å². The van der Waals surface area contributed by atoms with Crippen molar-refractivity contribution in [2.75, 3.05) is 13.2 Å². The number of aromatic amines is 1. The lowest BCUT2D eigenvalue weighted by molar-refractivity contribution is -0.383. The Labute approximate surface area is 163 Å². The van der Waals surface area contributed by atoms with Gasteiger partial charge in [0.1, 0.15) is 0 Å². The maximum atomic E-state index is 11.3. The van der Waals surface area contributed by atoms with Gasteiger partial charge >= 0.3 is 0 Å². The van der Waals surface area contributed by atoms with Crippen molar-refractivity contribution in [3.05, 3.63) is 40.4 Å². The number of hydrogen-bond donors (Lipinski definition) is 1. The zero-order valence-electron chi connectivity index (χ0n) is 16.1. The second kappa shape index (κ2) is 9.16. The fourth-order valence-corrected chi connectivity index (χ4v) is 2.81. The quantitative estimate of drug-likeness (QED) is 0.303. The van der Waals surface area contributed by atoms with Crippen LogP contribution in [0.2, 0.25) is 0 Å². The number of nitrogens with zero attached hydrogens (tertiary/aromatic N) is 3. The molecule has 0 radical (unpaired) electrons. The summed E-state index contributed by atoms with van der Waals surface area (Å²) in [5.74, 6) is 0.929. The molecule has 2 aromatic heterocycles. The molecule has 148 valence electrons. The standard InChI is InChI=1S/C20H24N4O4/c1-3-5-12-27-17-11-10-15(20(21-17)28-13-6-4-2)18-14-8-7-9-16(24(25)26)19(14)23-22-18/h7-11H,3-6,12-13H2,1-2H3,(H,22,23). The molecule has 2 heterocycles. The number of para-hydroxylation sites is 1. The Hall–Kier alpha value is -3.16. The molecule has 0 aliphatic heterocycles. The lowest BCUT2D eigenvalue weighted by Crippen LogP contribution is -2.04. The number of nitro benzene ring substituents is 1. The number of hydrogen-bond acceptors (Lipinski definition) is 6. The average molecular weight is 384 g/mol. The van der Waals surface area contributed by atoms with Crippen LogP contribution in [0.5, 0.6) is 11.8 Å². The van der Waals surface area contributed by atoms with Crippen LogP contribution in [0.1, 0.15) is 39.5 Å². The molecule has 0 aliphatic carbocycles. The Balaban J connectivity index is 2.01. The van der Waals surface area contributed by atoms with Crippen LogP contribution in [0.25, 0.3) is 22.2 Å². The summed E-state index contributed by atoms with van der Waals surface area (Å²) < 4.78 is 11.6. The SMILES string of the molecule is CCCCOc1ccc(-c2[nH]nc3c([N+](=O)[O-])cccc23)c(OCCCC)n1. The highest BCUT2D eigenvalue weighted by Crippen LogP contribution is 2.36. The monoisotopic (exact) mass is 384 g/mol. The molecule has 28 heavy (non-hydrogen) atoms. The topological polar surface area (TPSA) is 103 Å². The molecule has 0 unspecified atom stereocenters.